The first kappa shape index (κ1) is 18.7. The number of fused-ring (bicyclic) bond motifs is 9. The molecular formula is C17H19F9. The van der Waals surface area contributed by atoms with E-state index in [1.54, 1.807) is 0 Å². The van der Waals surface area contributed by atoms with Crippen molar-refractivity contribution in [3.05, 3.63) is 0 Å². The lowest BCUT2D eigenvalue weighted by Gasteiger charge is -2.49. The number of rotatable bonds is 2. The van der Waals surface area contributed by atoms with Crippen LogP contribution in [0.3, 0.4) is 0 Å². The Morgan fingerprint density at radius 2 is 1.23 bits per heavy atom. The summed E-state index contributed by atoms with van der Waals surface area (Å²) >= 11 is 0. The zero-order valence-corrected chi connectivity index (χ0v) is 13.9. The van der Waals surface area contributed by atoms with Gasteiger partial charge in [-0.05, 0) is 56.3 Å². The van der Waals surface area contributed by atoms with Crippen LogP contribution in [0.25, 0.3) is 0 Å². The van der Waals surface area contributed by atoms with Gasteiger partial charge in [0.1, 0.15) is 0 Å². The quantitative estimate of drug-likeness (QED) is 0.389. The van der Waals surface area contributed by atoms with Crippen molar-refractivity contribution < 1.29 is 39.5 Å². The molecule has 0 saturated heterocycles. The Kier molecular flexibility index (Phi) is 3.49. The number of alkyl halides is 9. The molecule has 150 valence electrons. The third-order valence-corrected chi connectivity index (χ3v) is 7.95. The van der Waals surface area contributed by atoms with Gasteiger partial charge >= 0.3 is 12.4 Å². The molecule has 4 bridgehead atoms. The molecule has 0 amide bonds. The van der Waals surface area contributed by atoms with E-state index < -0.39 is 59.5 Å². The van der Waals surface area contributed by atoms with Crippen molar-refractivity contribution in [3.63, 3.8) is 0 Å². The van der Waals surface area contributed by atoms with Gasteiger partial charge in [-0.3, -0.25) is 0 Å². The van der Waals surface area contributed by atoms with Gasteiger partial charge in [0.05, 0.1) is 0 Å². The topological polar surface area (TPSA) is 0 Å². The molecule has 4 rings (SSSR count). The van der Waals surface area contributed by atoms with Crippen LogP contribution < -0.4 is 0 Å². The molecule has 4 fully saturated rings. The Hall–Kier alpha value is -0.630. The highest BCUT2D eigenvalue weighted by Crippen LogP contribution is 2.76. The van der Waals surface area contributed by atoms with Gasteiger partial charge in [0.25, 0.3) is 5.92 Å². The molecule has 7 atom stereocenters. The Morgan fingerprint density at radius 3 is 1.69 bits per heavy atom. The third-order valence-electron chi connectivity index (χ3n) is 7.95. The van der Waals surface area contributed by atoms with Gasteiger partial charge in [-0.25, -0.2) is 13.2 Å². The highest BCUT2D eigenvalue weighted by Gasteiger charge is 2.83. The Balaban J connectivity index is 1.74. The first-order valence-corrected chi connectivity index (χ1v) is 8.85. The van der Waals surface area contributed by atoms with E-state index in [1.165, 1.54) is 0 Å². The fourth-order valence-electron chi connectivity index (χ4n) is 6.72. The average Bonchev–Trinajstić information content (AvgIpc) is 3.17. The van der Waals surface area contributed by atoms with Crippen molar-refractivity contribution in [1.29, 1.82) is 0 Å². The Labute approximate surface area is 144 Å². The summed E-state index contributed by atoms with van der Waals surface area (Å²) < 4.78 is 124. The van der Waals surface area contributed by atoms with E-state index in [0.717, 1.165) is 6.42 Å². The zero-order chi connectivity index (χ0) is 19.5. The molecule has 26 heavy (non-hydrogen) atoms. The minimum Gasteiger partial charge on any atom is -0.237 e. The lowest BCUT2D eigenvalue weighted by molar-refractivity contribution is -0.354. The fraction of sp³-hybridized carbons (Fsp3) is 1.00. The fourth-order valence-corrected chi connectivity index (χ4v) is 6.72. The van der Waals surface area contributed by atoms with Gasteiger partial charge in [0, 0.05) is 18.3 Å². The Morgan fingerprint density at radius 1 is 0.769 bits per heavy atom. The molecule has 0 radical (unpaired) electrons. The summed E-state index contributed by atoms with van der Waals surface area (Å²) in [6.07, 6.45) is -12.2. The van der Waals surface area contributed by atoms with Crippen LogP contribution >= 0.6 is 0 Å². The number of hydrogen-bond acceptors (Lipinski definition) is 0. The second-order valence-electron chi connectivity index (χ2n) is 8.93. The van der Waals surface area contributed by atoms with Crippen molar-refractivity contribution in [2.45, 2.75) is 63.0 Å². The second-order valence-corrected chi connectivity index (χ2v) is 8.93. The standard InChI is InChI=1S/C17H19F9/c1-13(16(21,22)23,17(24,25)26)6-14(18)9-5-10(15(14,19)20)12-8-3-2-7(4-8)11(9)12/h7-12H,2-6H2,1H3. The number of halogens is 9. The summed E-state index contributed by atoms with van der Waals surface area (Å²) in [5.74, 6) is -8.03. The number of hydrogen-bond donors (Lipinski definition) is 0. The van der Waals surface area contributed by atoms with Gasteiger partial charge < -0.3 is 0 Å². The summed E-state index contributed by atoms with van der Waals surface area (Å²) in [4.78, 5) is 0. The molecule has 0 aromatic carbocycles. The molecule has 0 aromatic heterocycles. The van der Waals surface area contributed by atoms with E-state index in [9.17, 15) is 35.1 Å². The van der Waals surface area contributed by atoms with Gasteiger partial charge in [-0.2, -0.15) is 26.3 Å². The van der Waals surface area contributed by atoms with Crippen LogP contribution in [-0.2, 0) is 0 Å². The van der Waals surface area contributed by atoms with Gasteiger partial charge in [-0.1, -0.05) is 0 Å². The average molecular weight is 394 g/mol. The SMILES string of the molecule is CC(CC1(F)C2CC(C3C4CCC(C4)C32)C1(F)F)(C(F)(F)F)C(F)(F)F. The summed E-state index contributed by atoms with van der Waals surface area (Å²) in [6.45, 7) is -0.200. The van der Waals surface area contributed by atoms with Gasteiger partial charge in [-0.15, -0.1) is 0 Å². The molecule has 7 unspecified atom stereocenters. The maximum Gasteiger partial charge on any atom is 0.403 e. The smallest absolute Gasteiger partial charge is 0.237 e. The molecule has 0 aliphatic heterocycles. The molecular weight excluding hydrogens is 375 g/mol. The van der Waals surface area contributed by atoms with Crippen LogP contribution in [0.4, 0.5) is 39.5 Å². The summed E-state index contributed by atoms with van der Waals surface area (Å²) in [5.41, 5.74) is -8.28. The summed E-state index contributed by atoms with van der Waals surface area (Å²) in [7, 11) is 0. The molecule has 9 heteroatoms. The van der Waals surface area contributed by atoms with Crippen LogP contribution in [0, 0.1) is 40.9 Å². The molecule has 4 aliphatic rings. The molecule has 0 aromatic rings. The van der Waals surface area contributed by atoms with E-state index in [2.05, 4.69) is 0 Å². The molecule has 4 aliphatic carbocycles. The molecule has 0 nitrogen and oxygen atoms in total. The molecule has 0 spiro atoms. The van der Waals surface area contributed by atoms with Crippen molar-refractivity contribution >= 4 is 0 Å². The minimum absolute atomic E-state index is 0.00652. The van der Waals surface area contributed by atoms with Crippen LogP contribution in [0.5, 0.6) is 0 Å². The van der Waals surface area contributed by atoms with E-state index >= 15 is 4.39 Å². The first-order chi connectivity index (χ1) is 11.7. The lowest BCUT2D eigenvalue weighted by Crippen LogP contribution is -2.61. The van der Waals surface area contributed by atoms with Crippen LogP contribution in [0.15, 0.2) is 0 Å². The van der Waals surface area contributed by atoms with Gasteiger partial charge in [0.15, 0.2) is 11.1 Å². The predicted molar refractivity (Wildman–Crippen MR) is 73.0 cm³/mol. The first-order valence-electron chi connectivity index (χ1n) is 8.85. The van der Waals surface area contributed by atoms with E-state index in [-0.39, 0.29) is 25.2 Å². The van der Waals surface area contributed by atoms with Crippen LogP contribution in [-0.4, -0.2) is 23.9 Å². The molecule has 4 saturated carbocycles. The lowest BCUT2D eigenvalue weighted by atomic mass is 9.61. The van der Waals surface area contributed by atoms with Crippen LogP contribution in [0.1, 0.15) is 39.0 Å². The van der Waals surface area contributed by atoms with Crippen LogP contribution in [0.2, 0.25) is 0 Å². The predicted octanol–water partition coefficient (Wildman–Crippen LogP) is 6.16. The van der Waals surface area contributed by atoms with E-state index in [1.807, 2.05) is 0 Å². The third kappa shape index (κ3) is 1.95. The normalized spacial score (nSPS) is 46.8. The van der Waals surface area contributed by atoms with Crippen molar-refractivity contribution in [2.24, 2.45) is 40.9 Å². The Bertz CT molecular complexity index is 592. The van der Waals surface area contributed by atoms with E-state index in [0.29, 0.717) is 12.8 Å². The van der Waals surface area contributed by atoms with E-state index in [4.69, 9.17) is 0 Å². The zero-order valence-electron chi connectivity index (χ0n) is 13.9. The van der Waals surface area contributed by atoms with Crippen molar-refractivity contribution in [2.75, 3.05) is 0 Å². The van der Waals surface area contributed by atoms with Gasteiger partial charge in [0.2, 0.25) is 0 Å². The summed E-state index contributed by atoms with van der Waals surface area (Å²) in [6, 6.07) is 0. The van der Waals surface area contributed by atoms with Crippen molar-refractivity contribution in [1.82, 2.24) is 0 Å². The maximum absolute atomic E-state index is 15.6. The van der Waals surface area contributed by atoms with Crippen molar-refractivity contribution in [3.8, 4) is 0 Å². The molecule has 0 N–H and O–H groups in total. The highest BCUT2D eigenvalue weighted by atomic mass is 19.4. The second kappa shape index (κ2) is 4.85. The summed E-state index contributed by atoms with van der Waals surface area (Å²) in [5, 5.41) is 0. The molecule has 0 heterocycles. The minimum atomic E-state index is -5.86. The monoisotopic (exact) mass is 394 g/mol. The largest absolute Gasteiger partial charge is 0.403 e. The maximum atomic E-state index is 15.6. The highest BCUT2D eigenvalue weighted by molar-refractivity contribution is 5.24.